The van der Waals surface area contributed by atoms with Gasteiger partial charge >= 0.3 is 0 Å². The molecule has 1 amide bonds. The number of carbonyl (C=O) groups is 1. The van der Waals surface area contributed by atoms with Crippen LogP contribution in [0.4, 0.5) is 5.13 Å². The third kappa shape index (κ3) is 2.79. The van der Waals surface area contributed by atoms with Gasteiger partial charge < -0.3 is 4.42 Å². The SMILES string of the molecule is Cc1ccc2oc3c(c(=O)c2c1)[C@H](c1ccc(Cl)cc1)N(c1nc(C)cs1)C3=O. The molecule has 1 aliphatic rings. The van der Waals surface area contributed by atoms with E-state index in [1.165, 1.54) is 11.3 Å². The highest BCUT2D eigenvalue weighted by Crippen LogP contribution is 2.42. The van der Waals surface area contributed by atoms with Crippen LogP contribution in [-0.4, -0.2) is 10.9 Å². The molecule has 1 aliphatic heterocycles. The number of anilines is 1. The van der Waals surface area contributed by atoms with Crippen LogP contribution >= 0.6 is 22.9 Å². The quantitative estimate of drug-likeness (QED) is 0.441. The second-order valence-electron chi connectivity index (χ2n) is 7.07. The number of aryl methyl sites for hydroxylation is 2. The van der Waals surface area contributed by atoms with Gasteiger partial charge in [-0.05, 0) is 43.7 Å². The van der Waals surface area contributed by atoms with E-state index in [4.69, 9.17) is 16.0 Å². The Hall–Kier alpha value is -2.96. The molecule has 0 N–H and O–H groups in total. The fourth-order valence-electron chi connectivity index (χ4n) is 3.70. The van der Waals surface area contributed by atoms with Crippen LogP contribution in [-0.2, 0) is 0 Å². The summed E-state index contributed by atoms with van der Waals surface area (Å²) in [5.41, 5.74) is 3.07. The van der Waals surface area contributed by atoms with Gasteiger partial charge in [0.15, 0.2) is 10.6 Å². The molecule has 0 radical (unpaired) electrons. The highest BCUT2D eigenvalue weighted by atomic mass is 35.5. The van der Waals surface area contributed by atoms with Crippen LogP contribution in [0.3, 0.4) is 0 Å². The number of halogens is 1. The topological polar surface area (TPSA) is 63.4 Å². The molecule has 2 aromatic heterocycles. The van der Waals surface area contributed by atoms with Gasteiger partial charge in [-0.2, -0.15) is 0 Å². The van der Waals surface area contributed by atoms with Crippen LogP contribution in [0, 0.1) is 13.8 Å². The normalized spacial score (nSPS) is 15.9. The van der Waals surface area contributed by atoms with E-state index in [0.717, 1.165) is 16.8 Å². The number of aromatic nitrogens is 1. The average Bonchev–Trinajstić information content (AvgIpc) is 3.25. The first-order valence-electron chi connectivity index (χ1n) is 9.02. The van der Waals surface area contributed by atoms with E-state index >= 15 is 0 Å². The molecule has 29 heavy (non-hydrogen) atoms. The summed E-state index contributed by atoms with van der Waals surface area (Å²) in [6.07, 6.45) is 0. The van der Waals surface area contributed by atoms with E-state index in [-0.39, 0.29) is 17.1 Å². The first-order valence-corrected chi connectivity index (χ1v) is 10.3. The summed E-state index contributed by atoms with van der Waals surface area (Å²) in [4.78, 5) is 32.9. The van der Waals surface area contributed by atoms with Gasteiger partial charge in [0, 0.05) is 10.4 Å². The lowest BCUT2D eigenvalue weighted by atomic mass is 9.98. The summed E-state index contributed by atoms with van der Waals surface area (Å²) in [6.45, 7) is 3.78. The monoisotopic (exact) mass is 422 g/mol. The standard InChI is InChI=1S/C22H15ClN2O3S/c1-11-3-8-16-15(9-11)19(26)17-18(13-4-6-14(23)7-5-13)25(21(27)20(17)28-16)22-24-12(2)10-29-22/h3-10,18H,1-2H3/t18-/m0/s1. The minimum atomic E-state index is -0.624. The molecule has 0 unspecified atom stereocenters. The number of nitrogens with zero attached hydrogens (tertiary/aromatic N) is 2. The molecule has 2 aromatic carbocycles. The van der Waals surface area contributed by atoms with Gasteiger partial charge in [-0.3, -0.25) is 14.5 Å². The van der Waals surface area contributed by atoms with Crippen molar-refractivity contribution in [3.05, 3.63) is 91.2 Å². The highest BCUT2D eigenvalue weighted by molar-refractivity contribution is 7.14. The molecular weight excluding hydrogens is 408 g/mol. The van der Waals surface area contributed by atoms with Crippen LogP contribution < -0.4 is 10.3 Å². The van der Waals surface area contributed by atoms with Crippen LogP contribution in [0.15, 0.2) is 57.1 Å². The summed E-state index contributed by atoms with van der Waals surface area (Å²) >= 11 is 7.42. The van der Waals surface area contributed by atoms with Crippen molar-refractivity contribution >= 4 is 44.9 Å². The highest BCUT2D eigenvalue weighted by Gasteiger charge is 2.44. The number of hydrogen-bond donors (Lipinski definition) is 0. The lowest BCUT2D eigenvalue weighted by Crippen LogP contribution is -2.29. The fourth-order valence-corrected chi connectivity index (χ4v) is 4.65. The molecule has 0 aliphatic carbocycles. The Morgan fingerprint density at radius 1 is 1.10 bits per heavy atom. The summed E-state index contributed by atoms with van der Waals surface area (Å²) in [5, 5.41) is 3.45. The zero-order valence-corrected chi connectivity index (χ0v) is 17.2. The molecule has 0 saturated heterocycles. The molecule has 1 atom stereocenters. The molecule has 144 valence electrons. The Bertz CT molecular complexity index is 1340. The summed E-state index contributed by atoms with van der Waals surface area (Å²) in [5.74, 6) is -0.298. The number of thiazole rings is 1. The van der Waals surface area contributed by atoms with E-state index in [0.29, 0.717) is 26.7 Å². The van der Waals surface area contributed by atoms with Crippen molar-refractivity contribution in [2.45, 2.75) is 19.9 Å². The molecule has 7 heteroatoms. The second kappa shape index (κ2) is 6.54. The van der Waals surface area contributed by atoms with Gasteiger partial charge in [0.2, 0.25) is 5.76 Å². The van der Waals surface area contributed by atoms with Gasteiger partial charge in [0.25, 0.3) is 5.91 Å². The average molecular weight is 423 g/mol. The Labute approximate surface area is 175 Å². The molecule has 0 spiro atoms. The van der Waals surface area contributed by atoms with Crippen LogP contribution in [0.2, 0.25) is 5.02 Å². The Kier molecular flexibility index (Phi) is 4.08. The zero-order valence-electron chi connectivity index (χ0n) is 15.6. The maximum atomic E-state index is 13.5. The number of fused-ring (bicyclic) bond motifs is 2. The lowest BCUT2D eigenvalue weighted by molar-refractivity contribution is 0.0971. The Balaban J connectivity index is 1.83. The van der Waals surface area contributed by atoms with Crippen LogP contribution in [0.1, 0.15) is 39.0 Å². The van der Waals surface area contributed by atoms with Gasteiger partial charge in [-0.15, -0.1) is 11.3 Å². The van der Waals surface area contributed by atoms with E-state index in [1.54, 1.807) is 29.2 Å². The zero-order chi connectivity index (χ0) is 20.3. The molecular formula is C22H15ClN2O3S. The smallest absolute Gasteiger partial charge is 0.297 e. The second-order valence-corrected chi connectivity index (χ2v) is 8.35. The van der Waals surface area contributed by atoms with E-state index < -0.39 is 6.04 Å². The summed E-state index contributed by atoms with van der Waals surface area (Å²) in [6, 6.07) is 11.9. The molecule has 5 nitrogen and oxygen atoms in total. The van der Waals surface area contributed by atoms with E-state index in [2.05, 4.69) is 4.98 Å². The van der Waals surface area contributed by atoms with E-state index in [1.807, 2.05) is 37.4 Å². The number of rotatable bonds is 2. The maximum Gasteiger partial charge on any atom is 0.297 e. The predicted octanol–water partition coefficient (Wildman–Crippen LogP) is 5.27. The predicted molar refractivity (Wildman–Crippen MR) is 114 cm³/mol. The number of benzene rings is 2. The fraction of sp³-hybridized carbons (Fsp3) is 0.136. The molecule has 0 saturated carbocycles. The first-order chi connectivity index (χ1) is 13.9. The van der Waals surface area contributed by atoms with Gasteiger partial charge in [-0.25, -0.2) is 4.98 Å². The van der Waals surface area contributed by atoms with Crippen molar-refractivity contribution in [3.63, 3.8) is 0 Å². The minimum absolute atomic E-state index is 0.0687. The van der Waals surface area contributed by atoms with Crippen molar-refractivity contribution in [1.82, 2.24) is 4.98 Å². The Morgan fingerprint density at radius 2 is 1.86 bits per heavy atom. The van der Waals surface area contributed by atoms with Crippen molar-refractivity contribution in [1.29, 1.82) is 0 Å². The van der Waals surface area contributed by atoms with E-state index in [9.17, 15) is 9.59 Å². The maximum absolute atomic E-state index is 13.5. The van der Waals surface area contributed by atoms with Gasteiger partial charge in [0.05, 0.1) is 22.7 Å². The van der Waals surface area contributed by atoms with Crippen LogP contribution in [0.25, 0.3) is 11.0 Å². The van der Waals surface area contributed by atoms with Crippen molar-refractivity contribution in [3.8, 4) is 0 Å². The van der Waals surface area contributed by atoms with Crippen molar-refractivity contribution < 1.29 is 9.21 Å². The third-order valence-corrected chi connectivity index (χ3v) is 6.23. The number of carbonyl (C=O) groups excluding carboxylic acids is 1. The van der Waals surface area contributed by atoms with Gasteiger partial charge in [0.1, 0.15) is 5.58 Å². The Morgan fingerprint density at radius 3 is 2.55 bits per heavy atom. The molecule has 0 fully saturated rings. The molecule has 3 heterocycles. The third-order valence-electron chi connectivity index (χ3n) is 5.02. The summed E-state index contributed by atoms with van der Waals surface area (Å²) < 4.78 is 5.95. The largest absolute Gasteiger partial charge is 0.450 e. The number of amides is 1. The van der Waals surface area contributed by atoms with Gasteiger partial charge in [-0.1, -0.05) is 35.4 Å². The number of hydrogen-bond acceptors (Lipinski definition) is 5. The minimum Gasteiger partial charge on any atom is -0.450 e. The van der Waals surface area contributed by atoms with Crippen molar-refractivity contribution in [2.75, 3.05) is 4.90 Å². The lowest BCUT2D eigenvalue weighted by Gasteiger charge is -2.22. The molecule has 4 aromatic rings. The van der Waals surface area contributed by atoms with Crippen LogP contribution in [0.5, 0.6) is 0 Å². The molecule has 0 bridgehead atoms. The van der Waals surface area contributed by atoms with Crippen molar-refractivity contribution in [2.24, 2.45) is 0 Å². The molecule has 5 rings (SSSR count). The summed E-state index contributed by atoms with van der Waals surface area (Å²) in [7, 11) is 0. The first kappa shape index (κ1) is 18.1.